The first-order valence-electron chi connectivity index (χ1n) is 6.26. The van der Waals surface area contributed by atoms with Crippen molar-refractivity contribution >= 4 is 0 Å². The maximum Gasteiger partial charge on any atom is 0.0710 e. The lowest BCUT2D eigenvalue weighted by Crippen LogP contribution is -2.31. The van der Waals surface area contributed by atoms with E-state index in [9.17, 15) is 0 Å². The highest BCUT2D eigenvalue weighted by Crippen LogP contribution is 2.17. The number of nitrogens with zero attached hydrogens (tertiary/aromatic N) is 1. The second-order valence-corrected chi connectivity index (χ2v) is 4.92. The molecule has 0 aromatic heterocycles. The van der Waals surface area contributed by atoms with Crippen LogP contribution in [0.15, 0.2) is 24.3 Å². The van der Waals surface area contributed by atoms with E-state index >= 15 is 0 Å². The van der Waals surface area contributed by atoms with Crippen LogP contribution in [0.3, 0.4) is 0 Å². The number of aryl methyl sites for hydroxylation is 1. The number of nitrogens with two attached hydrogens (primary N) is 1. The van der Waals surface area contributed by atoms with Crippen molar-refractivity contribution in [3.8, 4) is 0 Å². The van der Waals surface area contributed by atoms with Crippen LogP contribution in [0.2, 0.25) is 0 Å². The summed E-state index contributed by atoms with van der Waals surface area (Å²) in [6.45, 7) is 5.12. The number of likely N-dealkylation sites (tertiary alicyclic amines) is 1. The maximum absolute atomic E-state index is 6.23. The molecule has 94 valence electrons. The van der Waals surface area contributed by atoms with Crippen LogP contribution in [-0.4, -0.2) is 37.7 Å². The van der Waals surface area contributed by atoms with Gasteiger partial charge in [0.25, 0.3) is 0 Å². The molecule has 2 atom stereocenters. The molecule has 2 N–H and O–H groups in total. The fourth-order valence-corrected chi connectivity index (χ4v) is 2.35. The summed E-state index contributed by atoms with van der Waals surface area (Å²) in [5.41, 5.74) is 8.73. The molecule has 0 amide bonds. The van der Waals surface area contributed by atoms with Crippen molar-refractivity contribution in [1.29, 1.82) is 0 Å². The van der Waals surface area contributed by atoms with Gasteiger partial charge in [0.1, 0.15) is 0 Å². The second kappa shape index (κ2) is 5.63. The van der Waals surface area contributed by atoms with E-state index in [0.717, 1.165) is 26.1 Å². The minimum atomic E-state index is 0.103. The van der Waals surface area contributed by atoms with Gasteiger partial charge in [0, 0.05) is 32.8 Å². The predicted octanol–water partition coefficient (Wildman–Crippen LogP) is 1.72. The Labute approximate surface area is 104 Å². The Hall–Kier alpha value is -0.900. The lowest BCUT2D eigenvalue weighted by atomic mass is 10.1. The van der Waals surface area contributed by atoms with Crippen molar-refractivity contribution in [3.05, 3.63) is 35.4 Å². The first-order valence-corrected chi connectivity index (χ1v) is 6.26. The molecule has 0 radical (unpaired) electrons. The molecular formula is C14H22N2O. The van der Waals surface area contributed by atoms with E-state index in [1.54, 1.807) is 7.11 Å². The highest BCUT2D eigenvalue weighted by molar-refractivity contribution is 5.24. The van der Waals surface area contributed by atoms with Crippen molar-refractivity contribution in [2.45, 2.75) is 25.5 Å². The van der Waals surface area contributed by atoms with Crippen LogP contribution in [0, 0.1) is 6.92 Å². The van der Waals surface area contributed by atoms with Gasteiger partial charge in [0.15, 0.2) is 0 Å². The highest BCUT2D eigenvalue weighted by Gasteiger charge is 2.23. The molecule has 2 rings (SSSR count). The summed E-state index contributed by atoms with van der Waals surface area (Å²) in [7, 11) is 1.79. The fourth-order valence-electron chi connectivity index (χ4n) is 2.35. The van der Waals surface area contributed by atoms with Crippen LogP contribution in [0.1, 0.15) is 23.6 Å². The van der Waals surface area contributed by atoms with Crippen LogP contribution in [0.25, 0.3) is 0 Å². The van der Waals surface area contributed by atoms with Gasteiger partial charge in [-0.25, -0.2) is 0 Å². The Morgan fingerprint density at radius 2 is 2.12 bits per heavy atom. The number of methoxy groups -OCH3 is 1. The Balaban J connectivity index is 1.89. The zero-order valence-electron chi connectivity index (χ0n) is 10.7. The van der Waals surface area contributed by atoms with Crippen molar-refractivity contribution in [1.82, 2.24) is 4.90 Å². The summed E-state index contributed by atoms with van der Waals surface area (Å²) in [5.74, 6) is 0. The number of rotatable bonds is 4. The molecule has 0 aliphatic carbocycles. The zero-order valence-corrected chi connectivity index (χ0v) is 10.7. The molecule has 3 heteroatoms. The highest BCUT2D eigenvalue weighted by atomic mass is 16.5. The zero-order chi connectivity index (χ0) is 12.3. The summed E-state index contributed by atoms with van der Waals surface area (Å²) in [6.07, 6.45) is 1.51. The van der Waals surface area contributed by atoms with E-state index in [2.05, 4.69) is 36.1 Å². The van der Waals surface area contributed by atoms with Crippen LogP contribution in [0.4, 0.5) is 0 Å². The molecule has 1 aliphatic heterocycles. The number of hydrogen-bond acceptors (Lipinski definition) is 3. The Morgan fingerprint density at radius 3 is 2.71 bits per heavy atom. The quantitative estimate of drug-likeness (QED) is 0.862. The van der Waals surface area contributed by atoms with Gasteiger partial charge < -0.3 is 10.5 Å². The van der Waals surface area contributed by atoms with E-state index in [4.69, 9.17) is 10.5 Å². The number of hydrogen-bond donors (Lipinski definition) is 1. The molecule has 1 saturated heterocycles. The third kappa shape index (κ3) is 3.28. The molecule has 17 heavy (non-hydrogen) atoms. The van der Waals surface area contributed by atoms with E-state index in [0.29, 0.717) is 6.10 Å². The lowest BCUT2D eigenvalue weighted by molar-refractivity contribution is 0.107. The third-order valence-electron chi connectivity index (χ3n) is 3.52. The van der Waals surface area contributed by atoms with E-state index in [-0.39, 0.29) is 6.04 Å². The van der Waals surface area contributed by atoms with Crippen LogP contribution >= 0.6 is 0 Å². The van der Waals surface area contributed by atoms with E-state index < -0.39 is 0 Å². The van der Waals surface area contributed by atoms with Crippen LogP contribution in [-0.2, 0) is 4.74 Å². The molecular weight excluding hydrogens is 212 g/mol. The summed E-state index contributed by atoms with van der Waals surface area (Å²) in [5, 5.41) is 0. The van der Waals surface area contributed by atoms with Gasteiger partial charge in [-0.05, 0) is 18.9 Å². The molecule has 1 aromatic rings. The topological polar surface area (TPSA) is 38.5 Å². The van der Waals surface area contributed by atoms with Gasteiger partial charge in [0.05, 0.1) is 6.10 Å². The fraction of sp³-hybridized carbons (Fsp3) is 0.571. The van der Waals surface area contributed by atoms with Crippen molar-refractivity contribution in [2.24, 2.45) is 5.73 Å². The van der Waals surface area contributed by atoms with Crippen molar-refractivity contribution in [2.75, 3.05) is 26.7 Å². The van der Waals surface area contributed by atoms with Gasteiger partial charge in [-0.15, -0.1) is 0 Å². The summed E-state index contributed by atoms with van der Waals surface area (Å²) >= 11 is 0. The van der Waals surface area contributed by atoms with Crippen LogP contribution < -0.4 is 5.73 Å². The Bertz CT molecular complexity index is 350. The summed E-state index contributed by atoms with van der Waals surface area (Å²) in [4.78, 5) is 2.39. The first-order chi connectivity index (χ1) is 8.19. The molecule has 0 bridgehead atoms. The normalized spacial score (nSPS) is 22.9. The maximum atomic E-state index is 6.23. The third-order valence-corrected chi connectivity index (χ3v) is 3.52. The summed E-state index contributed by atoms with van der Waals surface area (Å²) < 4.78 is 5.36. The van der Waals surface area contributed by atoms with Crippen LogP contribution in [0.5, 0.6) is 0 Å². The predicted molar refractivity (Wildman–Crippen MR) is 70.0 cm³/mol. The van der Waals surface area contributed by atoms with E-state index in [1.807, 2.05) is 0 Å². The molecule has 3 nitrogen and oxygen atoms in total. The Kier molecular flexibility index (Phi) is 4.15. The molecule has 0 spiro atoms. The second-order valence-electron chi connectivity index (χ2n) is 4.92. The molecule has 1 aromatic carbocycles. The molecule has 2 unspecified atom stereocenters. The average molecular weight is 234 g/mol. The first kappa shape index (κ1) is 12.6. The van der Waals surface area contributed by atoms with Gasteiger partial charge in [-0.3, -0.25) is 4.90 Å². The molecule has 1 heterocycles. The average Bonchev–Trinajstić information content (AvgIpc) is 2.77. The molecule has 1 fully saturated rings. The minimum Gasteiger partial charge on any atom is -0.380 e. The van der Waals surface area contributed by atoms with Gasteiger partial charge in [0.2, 0.25) is 0 Å². The van der Waals surface area contributed by atoms with Gasteiger partial charge >= 0.3 is 0 Å². The molecule has 0 saturated carbocycles. The van der Waals surface area contributed by atoms with Crippen molar-refractivity contribution < 1.29 is 4.74 Å². The largest absolute Gasteiger partial charge is 0.380 e. The van der Waals surface area contributed by atoms with Gasteiger partial charge in [-0.1, -0.05) is 29.8 Å². The van der Waals surface area contributed by atoms with Gasteiger partial charge in [-0.2, -0.15) is 0 Å². The minimum absolute atomic E-state index is 0.103. The number of ether oxygens (including phenoxy) is 1. The van der Waals surface area contributed by atoms with E-state index in [1.165, 1.54) is 11.1 Å². The molecule has 1 aliphatic rings. The summed E-state index contributed by atoms with van der Waals surface area (Å²) in [6, 6.07) is 8.60. The number of benzene rings is 1. The Morgan fingerprint density at radius 1 is 1.41 bits per heavy atom. The van der Waals surface area contributed by atoms with Crippen molar-refractivity contribution in [3.63, 3.8) is 0 Å². The SMILES string of the molecule is COC1CCN(CC(N)c2ccc(C)cc2)C1. The lowest BCUT2D eigenvalue weighted by Gasteiger charge is -2.21. The smallest absolute Gasteiger partial charge is 0.0710 e. The standard InChI is InChI=1S/C14H22N2O/c1-11-3-5-12(6-4-11)14(15)10-16-8-7-13(9-16)17-2/h3-6,13-14H,7-10,15H2,1-2H3. The monoisotopic (exact) mass is 234 g/mol.